The third kappa shape index (κ3) is 2.24. The molecule has 1 aromatic heterocycles. The van der Waals surface area contributed by atoms with Crippen LogP contribution in [0.25, 0.3) is 0 Å². The minimum absolute atomic E-state index is 0.0637. The van der Waals surface area contributed by atoms with Gasteiger partial charge in [0.2, 0.25) is 5.91 Å². The monoisotopic (exact) mass is 303 g/mol. The van der Waals surface area contributed by atoms with Gasteiger partial charge in [-0.15, -0.1) is 0 Å². The Hall–Kier alpha value is -2.05. The lowest BCUT2D eigenvalue weighted by Crippen LogP contribution is -2.52. The van der Waals surface area contributed by atoms with Gasteiger partial charge in [0.25, 0.3) is 0 Å². The maximum Gasteiger partial charge on any atom is 0.322 e. The van der Waals surface area contributed by atoms with Crippen LogP contribution in [0.5, 0.6) is 0 Å². The van der Waals surface area contributed by atoms with E-state index in [0.717, 1.165) is 31.6 Å². The Morgan fingerprint density at radius 3 is 2.73 bits per heavy atom. The zero-order valence-electron chi connectivity index (χ0n) is 12.6. The van der Waals surface area contributed by atoms with E-state index in [4.69, 9.17) is 0 Å². The van der Waals surface area contributed by atoms with E-state index in [0.29, 0.717) is 19.0 Å². The first-order valence-corrected chi connectivity index (χ1v) is 8.10. The summed E-state index contributed by atoms with van der Waals surface area (Å²) in [5.74, 6) is 0.572. The number of hydrogen-bond acceptors (Lipinski definition) is 3. The number of urea groups is 1. The van der Waals surface area contributed by atoms with Crippen molar-refractivity contribution < 1.29 is 9.59 Å². The summed E-state index contributed by atoms with van der Waals surface area (Å²) in [5.41, 5.74) is 0.829. The molecule has 1 N–H and O–H groups in total. The Morgan fingerprint density at radius 2 is 2.05 bits per heavy atom. The average molecular weight is 303 g/mol. The van der Waals surface area contributed by atoms with Crippen LogP contribution in [0.15, 0.2) is 12.4 Å². The van der Waals surface area contributed by atoms with Crippen molar-refractivity contribution in [2.45, 2.75) is 31.7 Å². The minimum atomic E-state index is -0.0637. The van der Waals surface area contributed by atoms with Gasteiger partial charge in [0.1, 0.15) is 0 Å². The second-order valence-corrected chi connectivity index (χ2v) is 6.44. The van der Waals surface area contributed by atoms with E-state index in [1.807, 2.05) is 15.8 Å². The fraction of sp³-hybridized carbons (Fsp3) is 0.667. The van der Waals surface area contributed by atoms with Gasteiger partial charge >= 0.3 is 6.03 Å². The largest absolute Gasteiger partial charge is 0.338 e. The quantitative estimate of drug-likeness (QED) is 0.905. The summed E-state index contributed by atoms with van der Waals surface area (Å²) in [6.07, 6.45) is 8.12. The Morgan fingerprint density at radius 1 is 1.27 bits per heavy atom. The van der Waals surface area contributed by atoms with Crippen molar-refractivity contribution in [3.63, 3.8) is 0 Å². The summed E-state index contributed by atoms with van der Waals surface area (Å²) in [6, 6.07) is 0.177. The van der Waals surface area contributed by atoms with Gasteiger partial charge in [-0.1, -0.05) is 12.8 Å². The number of amides is 3. The number of aromatic nitrogens is 2. The highest BCUT2D eigenvalue weighted by Crippen LogP contribution is 2.31. The number of carbonyl (C=O) groups is 2. The molecule has 2 saturated heterocycles. The molecule has 7 nitrogen and oxygen atoms in total. The molecule has 2 aliphatic heterocycles. The normalized spacial score (nSPS) is 23.0. The maximum absolute atomic E-state index is 12.3. The molecule has 1 saturated carbocycles. The molecular formula is C15H21N5O2. The smallest absolute Gasteiger partial charge is 0.322 e. The average Bonchev–Trinajstić information content (AvgIpc) is 3.16. The molecular weight excluding hydrogens is 282 g/mol. The molecule has 0 unspecified atom stereocenters. The van der Waals surface area contributed by atoms with Crippen molar-refractivity contribution in [3.8, 4) is 0 Å². The van der Waals surface area contributed by atoms with E-state index in [-0.39, 0.29) is 18.0 Å². The fourth-order valence-corrected chi connectivity index (χ4v) is 3.62. The number of hydrogen-bond donors (Lipinski definition) is 1. The van der Waals surface area contributed by atoms with E-state index >= 15 is 0 Å². The first kappa shape index (κ1) is 13.6. The summed E-state index contributed by atoms with van der Waals surface area (Å²) in [5, 5.41) is 7.15. The Balaban J connectivity index is 1.36. The van der Waals surface area contributed by atoms with Gasteiger partial charge in [0.05, 0.1) is 17.9 Å². The third-order valence-corrected chi connectivity index (χ3v) is 5.01. The molecule has 0 aromatic carbocycles. The summed E-state index contributed by atoms with van der Waals surface area (Å²) in [7, 11) is 0. The van der Waals surface area contributed by atoms with Gasteiger partial charge in [-0.25, -0.2) is 4.79 Å². The lowest BCUT2D eigenvalue weighted by Gasteiger charge is -2.40. The fourth-order valence-electron chi connectivity index (χ4n) is 3.62. The van der Waals surface area contributed by atoms with Crippen LogP contribution in [0.1, 0.15) is 31.7 Å². The molecule has 0 atom stereocenters. The Bertz CT molecular complexity index is 587. The molecule has 0 spiro atoms. The molecule has 0 radical (unpaired) electrons. The van der Waals surface area contributed by atoms with Crippen LogP contribution < -0.4 is 10.2 Å². The van der Waals surface area contributed by atoms with E-state index in [1.54, 1.807) is 11.1 Å². The minimum Gasteiger partial charge on any atom is -0.338 e. The van der Waals surface area contributed by atoms with Crippen molar-refractivity contribution in [3.05, 3.63) is 12.4 Å². The van der Waals surface area contributed by atoms with Crippen molar-refractivity contribution in [2.24, 2.45) is 5.92 Å². The number of anilines is 1. The van der Waals surface area contributed by atoms with Gasteiger partial charge in [0.15, 0.2) is 0 Å². The molecule has 3 heterocycles. The maximum atomic E-state index is 12.3. The standard InChI is InChI=1S/C15H21N5O2/c21-14(11-3-1-2-4-11)18-8-13(9-18)20-10-12(7-17-20)19-6-5-16-15(19)22/h7,10-11,13H,1-6,8-9H2,(H,16,22). The molecule has 3 aliphatic rings. The van der Waals surface area contributed by atoms with Crippen molar-refractivity contribution in [1.29, 1.82) is 0 Å². The first-order chi connectivity index (χ1) is 10.7. The highest BCUT2D eigenvalue weighted by atomic mass is 16.2. The number of nitrogens with zero attached hydrogens (tertiary/aromatic N) is 4. The molecule has 3 amide bonds. The highest BCUT2D eigenvalue weighted by molar-refractivity contribution is 5.93. The summed E-state index contributed by atoms with van der Waals surface area (Å²) < 4.78 is 1.89. The number of rotatable bonds is 3. The molecule has 1 aliphatic carbocycles. The third-order valence-electron chi connectivity index (χ3n) is 5.01. The van der Waals surface area contributed by atoms with Gasteiger partial charge in [0, 0.05) is 38.3 Å². The van der Waals surface area contributed by atoms with E-state index < -0.39 is 0 Å². The van der Waals surface area contributed by atoms with Crippen LogP contribution in [-0.4, -0.2) is 52.8 Å². The molecule has 0 bridgehead atoms. The van der Waals surface area contributed by atoms with Gasteiger partial charge in [-0.3, -0.25) is 14.4 Å². The molecule has 7 heteroatoms. The first-order valence-electron chi connectivity index (χ1n) is 8.10. The Kier molecular flexibility index (Phi) is 3.28. The number of carbonyl (C=O) groups excluding carboxylic acids is 2. The molecule has 118 valence electrons. The molecule has 22 heavy (non-hydrogen) atoms. The van der Waals surface area contributed by atoms with Crippen LogP contribution in [0.3, 0.4) is 0 Å². The van der Waals surface area contributed by atoms with Gasteiger partial charge in [-0.05, 0) is 12.8 Å². The van der Waals surface area contributed by atoms with E-state index in [9.17, 15) is 9.59 Å². The SMILES string of the molecule is O=C(C1CCCC1)N1CC(n2cc(N3CCNC3=O)cn2)C1. The second kappa shape index (κ2) is 5.30. The summed E-state index contributed by atoms with van der Waals surface area (Å²) in [6.45, 7) is 2.84. The van der Waals surface area contributed by atoms with Gasteiger partial charge < -0.3 is 10.2 Å². The summed E-state index contributed by atoms with van der Waals surface area (Å²) in [4.78, 5) is 27.6. The molecule has 3 fully saturated rings. The zero-order valence-corrected chi connectivity index (χ0v) is 12.6. The van der Waals surface area contributed by atoms with Crippen LogP contribution in [0, 0.1) is 5.92 Å². The topological polar surface area (TPSA) is 70.5 Å². The highest BCUT2D eigenvalue weighted by Gasteiger charge is 2.37. The lowest BCUT2D eigenvalue weighted by molar-refractivity contribution is -0.141. The lowest BCUT2D eigenvalue weighted by atomic mass is 10.0. The van der Waals surface area contributed by atoms with Gasteiger partial charge in [-0.2, -0.15) is 5.10 Å². The van der Waals surface area contributed by atoms with E-state index in [1.165, 1.54) is 12.8 Å². The predicted octanol–water partition coefficient (Wildman–Crippen LogP) is 0.986. The van der Waals surface area contributed by atoms with Crippen molar-refractivity contribution in [2.75, 3.05) is 31.1 Å². The number of likely N-dealkylation sites (tertiary alicyclic amines) is 1. The van der Waals surface area contributed by atoms with Crippen molar-refractivity contribution >= 4 is 17.6 Å². The van der Waals surface area contributed by atoms with Crippen LogP contribution in [0.4, 0.5) is 10.5 Å². The predicted molar refractivity (Wildman–Crippen MR) is 80.5 cm³/mol. The van der Waals surface area contributed by atoms with Crippen molar-refractivity contribution in [1.82, 2.24) is 20.0 Å². The zero-order chi connectivity index (χ0) is 15.1. The molecule has 4 rings (SSSR count). The second-order valence-electron chi connectivity index (χ2n) is 6.44. The van der Waals surface area contributed by atoms with Crippen LogP contribution in [0.2, 0.25) is 0 Å². The van der Waals surface area contributed by atoms with Crippen LogP contribution >= 0.6 is 0 Å². The van der Waals surface area contributed by atoms with E-state index in [2.05, 4.69) is 10.4 Å². The van der Waals surface area contributed by atoms with Crippen LogP contribution in [-0.2, 0) is 4.79 Å². The molecule has 1 aromatic rings. The number of nitrogens with one attached hydrogen (secondary N) is 1. The Labute approximate surface area is 129 Å². The summed E-state index contributed by atoms with van der Waals surface area (Å²) >= 11 is 0.